The van der Waals surface area contributed by atoms with Crippen LogP contribution in [0.3, 0.4) is 0 Å². The van der Waals surface area contributed by atoms with Crippen molar-refractivity contribution in [2.75, 3.05) is 18.0 Å². The molecule has 1 heterocycles. The lowest BCUT2D eigenvalue weighted by atomic mass is 10.1. The van der Waals surface area contributed by atoms with E-state index in [-0.39, 0.29) is 11.9 Å². The maximum Gasteiger partial charge on any atom is 0.254 e. The molecule has 1 aromatic heterocycles. The summed E-state index contributed by atoms with van der Waals surface area (Å²) < 4.78 is 30.6. The Morgan fingerprint density at radius 1 is 1.30 bits per heavy atom. The second kappa shape index (κ2) is 6.45. The van der Waals surface area contributed by atoms with Crippen molar-refractivity contribution < 1.29 is 17.6 Å². The van der Waals surface area contributed by atoms with Crippen LogP contribution in [0.15, 0.2) is 41.0 Å². The Morgan fingerprint density at radius 3 is 2.57 bits per heavy atom. The number of furan rings is 1. The lowest BCUT2D eigenvalue weighted by Crippen LogP contribution is -2.29. The molecule has 0 fully saturated rings. The lowest BCUT2D eigenvalue weighted by molar-refractivity contribution is 0.0726. The van der Waals surface area contributed by atoms with Crippen LogP contribution in [-0.4, -0.2) is 32.5 Å². The Kier molecular flexibility index (Phi) is 4.79. The van der Waals surface area contributed by atoms with Gasteiger partial charge >= 0.3 is 0 Å². The lowest BCUT2D eigenvalue weighted by Gasteiger charge is -2.23. The summed E-state index contributed by atoms with van der Waals surface area (Å²) in [5.41, 5.74) is 1.55. The number of aryl methyl sites for hydroxylation is 1. The summed E-state index contributed by atoms with van der Waals surface area (Å²) >= 11 is 0. The number of hydrogen-bond donors (Lipinski definition) is 1. The van der Waals surface area contributed by atoms with Gasteiger partial charge in [0.05, 0.1) is 24.2 Å². The molecule has 23 heavy (non-hydrogen) atoms. The van der Waals surface area contributed by atoms with Crippen molar-refractivity contribution >= 4 is 21.6 Å². The van der Waals surface area contributed by atoms with Crippen LogP contribution in [0, 0.1) is 6.92 Å². The third kappa shape index (κ3) is 4.13. The van der Waals surface area contributed by atoms with E-state index in [0.29, 0.717) is 17.0 Å². The fourth-order valence-electron chi connectivity index (χ4n) is 2.16. The van der Waals surface area contributed by atoms with E-state index in [9.17, 15) is 13.2 Å². The maximum atomic E-state index is 12.6. The maximum absolute atomic E-state index is 12.6. The molecule has 0 aliphatic heterocycles. The van der Waals surface area contributed by atoms with Gasteiger partial charge in [-0.25, -0.2) is 8.42 Å². The summed E-state index contributed by atoms with van der Waals surface area (Å²) in [6.45, 7) is 3.64. The number of hydrogen-bond acceptors (Lipinski definition) is 4. The standard InChI is InChI=1S/C16H20N2O4S/c1-11-7-8-13(10-14(11)17-23(4,20)21)16(19)18(3)12(2)15-6-5-9-22-15/h5-10,12,17H,1-4H3. The number of carbonyl (C=O) groups excluding carboxylic acids is 1. The van der Waals surface area contributed by atoms with E-state index in [0.717, 1.165) is 11.8 Å². The van der Waals surface area contributed by atoms with Gasteiger partial charge in [0.2, 0.25) is 10.0 Å². The smallest absolute Gasteiger partial charge is 0.254 e. The quantitative estimate of drug-likeness (QED) is 0.910. The molecule has 1 aromatic carbocycles. The van der Waals surface area contributed by atoms with Gasteiger partial charge in [0.25, 0.3) is 5.91 Å². The Hall–Kier alpha value is -2.28. The van der Waals surface area contributed by atoms with Crippen molar-refractivity contribution in [3.8, 4) is 0 Å². The van der Waals surface area contributed by atoms with E-state index in [1.807, 2.05) is 6.92 Å². The predicted molar refractivity (Wildman–Crippen MR) is 88.9 cm³/mol. The summed E-state index contributed by atoms with van der Waals surface area (Å²) in [6.07, 6.45) is 2.64. The van der Waals surface area contributed by atoms with E-state index in [1.165, 1.54) is 0 Å². The molecule has 0 aliphatic carbocycles. The first kappa shape index (κ1) is 17.1. The molecule has 0 aliphatic rings. The molecule has 1 N–H and O–H groups in total. The molecule has 1 atom stereocenters. The van der Waals surface area contributed by atoms with E-state index in [4.69, 9.17) is 4.42 Å². The highest BCUT2D eigenvalue weighted by Crippen LogP contribution is 2.23. The summed E-state index contributed by atoms with van der Waals surface area (Å²) in [4.78, 5) is 14.2. The zero-order valence-corrected chi connectivity index (χ0v) is 14.3. The Morgan fingerprint density at radius 2 is 2.00 bits per heavy atom. The van der Waals surface area contributed by atoms with Crippen molar-refractivity contribution in [3.63, 3.8) is 0 Å². The molecule has 0 spiro atoms. The number of sulfonamides is 1. The normalized spacial score (nSPS) is 12.7. The van der Waals surface area contributed by atoms with Crippen molar-refractivity contribution in [1.29, 1.82) is 0 Å². The van der Waals surface area contributed by atoms with Crippen LogP contribution >= 0.6 is 0 Å². The summed E-state index contributed by atoms with van der Waals surface area (Å²) in [5, 5.41) is 0. The highest BCUT2D eigenvalue weighted by molar-refractivity contribution is 7.92. The summed E-state index contributed by atoms with van der Waals surface area (Å²) in [7, 11) is -1.72. The molecule has 1 unspecified atom stereocenters. The van der Waals surface area contributed by atoms with Crippen molar-refractivity contribution in [2.24, 2.45) is 0 Å². The monoisotopic (exact) mass is 336 g/mol. The van der Waals surface area contributed by atoms with Gasteiger partial charge in [-0.2, -0.15) is 0 Å². The zero-order valence-electron chi connectivity index (χ0n) is 13.5. The molecule has 0 saturated heterocycles. The van der Waals surface area contributed by atoms with E-state index in [1.54, 1.807) is 55.5 Å². The first-order valence-corrected chi connectivity index (χ1v) is 8.97. The highest BCUT2D eigenvalue weighted by atomic mass is 32.2. The van der Waals surface area contributed by atoms with Crippen molar-refractivity contribution in [2.45, 2.75) is 19.9 Å². The minimum atomic E-state index is -3.40. The van der Waals surface area contributed by atoms with Gasteiger partial charge in [0.1, 0.15) is 5.76 Å². The topological polar surface area (TPSA) is 79.6 Å². The Bertz CT molecular complexity index is 797. The molecular weight excluding hydrogens is 316 g/mol. The van der Waals surface area contributed by atoms with Gasteiger partial charge in [0.15, 0.2) is 0 Å². The number of benzene rings is 1. The molecule has 6 nitrogen and oxygen atoms in total. The van der Waals surface area contributed by atoms with Gasteiger partial charge in [-0.05, 0) is 43.7 Å². The molecule has 7 heteroatoms. The second-order valence-electron chi connectivity index (χ2n) is 5.51. The van der Waals surface area contributed by atoms with Crippen molar-refractivity contribution in [3.05, 3.63) is 53.5 Å². The van der Waals surface area contributed by atoms with Gasteiger partial charge in [0, 0.05) is 12.6 Å². The largest absolute Gasteiger partial charge is 0.467 e. The zero-order chi connectivity index (χ0) is 17.2. The first-order valence-electron chi connectivity index (χ1n) is 7.08. The Labute approximate surface area is 136 Å². The summed E-state index contributed by atoms with van der Waals surface area (Å²) in [5.74, 6) is 0.466. The third-order valence-electron chi connectivity index (χ3n) is 3.64. The average Bonchev–Trinajstić information content (AvgIpc) is 3.00. The van der Waals surface area contributed by atoms with Crippen LogP contribution in [-0.2, 0) is 10.0 Å². The predicted octanol–water partition coefficient (Wildman–Crippen LogP) is 2.79. The van der Waals surface area contributed by atoms with Gasteiger partial charge in [-0.3, -0.25) is 9.52 Å². The minimum absolute atomic E-state index is 0.217. The van der Waals surface area contributed by atoms with Crippen LogP contribution in [0.25, 0.3) is 0 Å². The number of nitrogens with zero attached hydrogens (tertiary/aromatic N) is 1. The molecule has 0 radical (unpaired) electrons. The van der Waals surface area contributed by atoms with Gasteiger partial charge in [-0.15, -0.1) is 0 Å². The molecule has 124 valence electrons. The van der Waals surface area contributed by atoms with Crippen LogP contribution in [0.5, 0.6) is 0 Å². The summed E-state index contributed by atoms with van der Waals surface area (Å²) in [6, 6.07) is 8.28. The molecule has 0 saturated carbocycles. The number of amides is 1. The Balaban J connectivity index is 2.27. The molecule has 2 rings (SSSR count). The molecule has 0 bridgehead atoms. The number of nitrogens with one attached hydrogen (secondary N) is 1. The van der Waals surface area contributed by atoms with Crippen LogP contribution < -0.4 is 4.72 Å². The third-order valence-corrected chi connectivity index (χ3v) is 4.23. The SMILES string of the molecule is Cc1ccc(C(=O)N(C)C(C)c2ccco2)cc1NS(C)(=O)=O. The van der Waals surface area contributed by atoms with Crippen molar-refractivity contribution in [1.82, 2.24) is 4.90 Å². The van der Waals surface area contributed by atoms with E-state index >= 15 is 0 Å². The second-order valence-corrected chi connectivity index (χ2v) is 7.26. The molecule has 1 amide bonds. The van der Waals surface area contributed by atoms with Crippen LogP contribution in [0.4, 0.5) is 5.69 Å². The fourth-order valence-corrected chi connectivity index (χ4v) is 2.78. The molecular formula is C16H20N2O4S. The molecule has 2 aromatic rings. The van der Waals surface area contributed by atoms with Gasteiger partial charge < -0.3 is 9.32 Å². The van der Waals surface area contributed by atoms with Gasteiger partial charge in [-0.1, -0.05) is 6.07 Å². The number of rotatable bonds is 5. The van der Waals surface area contributed by atoms with Crippen LogP contribution in [0.1, 0.15) is 34.6 Å². The highest BCUT2D eigenvalue weighted by Gasteiger charge is 2.21. The van der Waals surface area contributed by atoms with Crippen LogP contribution in [0.2, 0.25) is 0 Å². The number of anilines is 1. The van der Waals surface area contributed by atoms with E-state index < -0.39 is 10.0 Å². The average molecular weight is 336 g/mol. The van der Waals surface area contributed by atoms with E-state index in [2.05, 4.69) is 4.72 Å². The minimum Gasteiger partial charge on any atom is -0.467 e. The number of carbonyl (C=O) groups is 1. The first-order chi connectivity index (χ1) is 10.7. The fraction of sp³-hybridized carbons (Fsp3) is 0.312.